The van der Waals surface area contributed by atoms with Crippen LogP contribution in [0.25, 0.3) is 5.82 Å². The van der Waals surface area contributed by atoms with Crippen molar-refractivity contribution < 1.29 is 4.79 Å². The van der Waals surface area contributed by atoms with Gasteiger partial charge in [-0.25, -0.2) is 4.68 Å². The van der Waals surface area contributed by atoms with Gasteiger partial charge in [0.05, 0.1) is 5.69 Å². The van der Waals surface area contributed by atoms with Gasteiger partial charge in [-0.15, -0.1) is 10.2 Å². The number of aryl methyl sites for hydroxylation is 1. The van der Waals surface area contributed by atoms with Gasteiger partial charge in [0, 0.05) is 31.4 Å². The van der Waals surface area contributed by atoms with Crippen molar-refractivity contribution in [2.45, 2.75) is 19.8 Å². The van der Waals surface area contributed by atoms with Crippen LogP contribution >= 0.6 is 11.5 Å². The second kappa shape index (κ2) is 7.20. The van der Waals surface area contributed by atoms with Crippen LogP contribution in [0.3, 0.4) is 0 Å². The lowest BCUT2D eigenvalue weighted by Gasteiger charge is -2.31. The van der Waals surface area contributed by atoms with E-state index in [-0.39, 0.29) is 11.8 Å². The van der Waals surface area contributed by atoms with Crippen LogP contribution in [0.2, 0.25) is 0 Å². The number of nitrogens with zero attached hydrogens (tertiary/aromatic N) is 6. The maximum atomic E-state index is 12.4. The molecule has 134 valence electrons. The number of hydrogen-bond donors (Lipinski definition) is 1. The van der Waals surface area contributed by atoms with Crippen LogP contribution in [0.4, 0.5) is 10.8 Å². The number of aromatic nitrogens is 5. The Bertz CT molecular complexity index is 867. The monoisotopic (exact) mass is 369 g/mol. The van der Waals surface area contributed by atoms with E-state index in [1.54, 1.807) is 10.9 Å². The molecule has 3 aromatic rings. The first-order valence-electron chi connectivity index (χ1n) is 8.52. The van der Waals surface area contributed by atoms with Crippen LogP contribution in [-0.4, -0.2) is 43.3 Å². The van der Waals surface area contributed by atoms with Crippen LogP contribution in [0.5, 0.6) is 0 Å². The van der Waals surface area contributed by atoms with Crippen molar-refractivity contribution >= 4 is 28.3 Å². The standard InChI is InChI=1S/C17H19N7OS/c1-12-11-16(26-22-12)19-17(25)13-5-9-23(10-6-13)14-3-4-15(21-20-14)24-8-2-7-18-24/h2-4,7-8,11,13H,5-6,9-10H2,1H3,(H,19,25). The van der Waals surface area contributed by atoms with Crippen molar-refractivity contribution in [3.05, 3.63) is 42.4 Å². The van der Waals surface area contributed by atoms with Crippen molar-refractivity contribution in [3.63, 3.8) is 0 Å². The Labute approximate surface area is 155 Å². The van der Waals surface area contributed by atoms with E-state index in [1.807, 2.05) is 37.4 Å². The minimum absolute atomic E-state index is 0.0185. The zero-order valence-corrected chi connectivity index (χ0v) is 15.2. The van der Waals surface area contributed by atoms with E-state index in [1.165, 1.54) is 11.5 Å². The summed E-state index contributed by atoms with van der Waals surface area (Å²) in [6, 6.07) is 7.60. The maximum Gasteiger partial charge on any atom is 0.228 e. The van der Waals surface area contributed by atoms with Gasteiger partial charge in [-0.1, -0.05) is 0 Å². The molecule has 0 radical (unpaired) electrons. The minimum Gasteiger partial charge on any atom is -0.355 e. The van der Waals surface area contributed by atoms with Gasteiger partial charge in [0.15, 0.2) is 11.6 Å². The molecular weight excluding hydrogens is 350 g/mol. The third-order valence-corrected chi connectivity index (χ3v) is 5.24. The van der Waals surface area contributed by atoms with E-state index in [9.17, 15) is 4.79 Å². The molecule has 1 N–H and O–H groups in total. The van der Waals surface area contributed by atoms with E-state index in [4.69, 9.17) is 0 Å². The van der Waals surface area contributed by atoms with Gasteiger partial charge in [-0.2, -0.15) is 9.47 Å². The Balaban J connectivity index is 1.33. The van der Waals surface area contributed by atoms with Gasteiger partial charge in [-0.3, -0.25) is 4.79 Å². The molecule has 0 aliphatic carbocycles. The van der Waals surface area contributed by atoms with Crippen molar-refractivity contribution in [1.82, 2.24) is 24.4 Å². The van der Waals surface area contributed by atoms with Gasteiger partial charge in [0.2, 0.25) is 5.91 Å². The summed E-state index contributed by atoms with van der Waals surface area (Å²) in [4.78, 5) is 14.6. The number of piperidine rings is 1. The molecule has 0 bridgehead atoms. The molecule has 1 amide bonds. The summed E-state index contributed by atoms with van der Waals surface area (Å²) in [5.74, 6) is 1.61. The van der Waals surface area contributed by atoms with Gasteiger partial charge < -0.3 is 10.2 Å². The number of anilines is 2. The molecule has 0 spiro atoms. The Morgan fingerprint density at radius 3 is 2.62 bits per heavy atom. The average molecular weight is 369 g/mol. The normalized spacial score (nSPS) is 15.2. The molecule has 0 unspecified atom stereocenters. The third-order valence-electron chi connectivity index (χ3n) is 4.44. The number of carbonyl (C=O) groups excluding carboxylic acids is 1. The molecule has 9 heteroatoms. The van der Waals surface area contributed by atoms with E-state index in [0.29, 0.717) is 5.82 Å². The number of nitrogens with one attached hydrogen (secondary N) is 1. The van der Waals surface area contributed by atoms with Gasteiger partial charge in [0.25, 0.3) is 0 Å². The van der Waals surface area contributed by atoms with Crippen LogP contribution in [0, 0.1) is 12.8 Å². The lowest BCUT2D eigenvalue weighted by Crippen LogP contribution is -2.38. The third kappa shape index (κ3) is 3.57. The second-order valence-corrected chi connectivity index (χ2v) is 7.09. The maximum absolute atomic E-state index is 12.4. The van der Waals surface area contributed by atoms with Crippen molar-refractivity contribution in [2.75, 3.05) is 23.3 Å². The smallest absolute Gasteiger partial charge is 0.228 e. The summed E-state index contributed by atoms with van der Waals surface area (Å²) in [5, 5.41) is 16.5. The molecule has 4 rings (SSSR count). The van der Waals surface area contributed by atoms with Crippen LogP contribution in [0.15, 0.2) is 36.7 Å². The summed E-state index contributed by atoms with van der Waals surface area (Å²) < 4.78 is 5.86. The Hall–Kier alpha value is -2.81. The highest BCUT2D eigenvalue weighted by Gasteiger charge is 2.26. The summed E-state index contributed by atoms with van der Waals surface area (Å²) >= 11 is 1.32. The molecule has 26 heavy (non-hydrogen) atoms. The molecule has 3 aromatic heterocycles. The second-order valence-electron chi connectivity index (χ2n) is 6.28. The first-order valence-corrected chi connectivity index (χ1v) is 9.29. The van der Waals surface area contributed by atoms with Gasteiger partial charge >= 0.3 is 0 Å². The topological polar surface area (TPSA) is 88.8 Å². The highest BCUT2D eigenvalue weighted by atomic mass is 32.1. The summed E-state index contributed by atoms with van der Waals surface area (Å²) in [5.41, 5.74) is 0.928. The first-order chi connectivity index (χ1) is 12.7. The molecule has 1 aliphatic heterocycles. The number of hydrogen-bond acceptors (Lipinski definition) is 7. The number of amides is 1. The van der Waals surface area contributed by atoms with E-state index in [0.717, 1.165) is 42.4 Å². The predicted molar refractivity (Wildman–Crippen MR) is 99.6 cm³/mol. The minimum atomic E-state index is 0.0185. The Kier molecular flexibility index (Phi) is 4.61. The lowest BCUT2D eigenvalue weighted by atomic mass is 9.96. The largest absolute Gasteiger partial charge is 0.355 e. The molecule has 0 atom stereocenters. The highest BCUT2D eigenvalue weighted by molar-refractivity contribution is 7.10. The lowest BCUT2D eigenvalue weighted by molar-refractivity contribution is -0.120. The fraction of sp³-hybridized carbons (Fsp3) is 0.353. The Morgan fingerprint density at radius 1 is 1.23 bits per heavy atom. The molecular formula is C17H19N7OS. The molecule has 1 fully saturated rings. The molecule has 1 aliphatic rings. The highest BCUT2D eigenvalue weighted by Crippen LogP contribution is 2.24. The zero-order valence-electron chi connectivity index (χ0n) is 14.4. The molecule has 4 heterocycles. The molecule has 0 aromatic carbocycles. The average Bonchev–Trinajstić information content (AvgIpc) is 3.34. The van der Waals surface area contributed by atoms with Crippen molar-refractivity contribution in [2.24, 2.45) is 5.92 Å². The Morgan fingerprint density at radius 2 is 2.00 bits per heavy atom. The fourth-order valence-electron chi connectivity index (χ4n) is 3.03. The molecule has 0 saturated carbocycles. The summed E-state index contributed by atoms with van der Waals surface area (Å²) in [7, 11) is 0. The van der Waals surface area contributed by atoms with Gasteiger partial charge in [0.1, 0.15) is 5.00 Å². The molecule has 8 nitrogen and oxygen atoms in total. The fourth-order valence-corrected chi connectivity index (χ4v) is 3.69. The molecule has 1 saturated heterocycles. The van der Waals surface area contributed by atoms with E-state index in [2.05, 4.69) is 29.9 Å². The summed E-state index contributed by atoms with van der Waals surface area (Å²) in [6.07, 6.45) is 5.13. The van der Waals surface area contributed by atoms with Crippen molar-refractivity contribution in [1.29, 1.82) is 0 Å². The van der Waals surface area contributed by atoms with Crippen LogP contribution in [-0.2, 0) is 4.79 Å². The van der Waals surface area contributed by atoms with E-state index < -0.39 is 0 Å². The number of carbonyl (C=O) groups is 1. The summed E-state index contributed by atoms with van der Waals surface area (Å²) in [6.45, 7) is 3.49. The SMILES string of the molecule is Cc1cc(NC(=O)C2CCN(c3ccc(-n4cccn4)nn3)CC2)sn1. The quantitative estimate of drug-likeness (QED) is 0.759. The van der Waals surface area contributed by atoms with Crippen LogP contribution in [0.1, 0.15) is 18.5 Å². The van der Waals surface area contributed by atoms with Gasteiger partial charge in [-0.05, 0) is 55.6 Å². The predicted octanol–water partition coefficient (Wildman–Crippen LogP) is 2.28. The van der Waals surface area contributed by atoms with Crippen molar-refractivity contribution in [3.8, 4) is 5.82 Å². The first kappa shape index (κ1) is 16.6. The van der Waals surface area contributed by atoms with E-state index >= 15 is 0 Å². The zero-order chi connectivity index (χ0) is 17.9. The van der Waals surface area contributed by atoms with Crippen LogP contribution < -0.4 is 10.2 Å². The number of rotatable bonds is 4.